The second kappa shape index (κ2) is 5.99. The van der Waals surface area contributed by atoms with Gasteiger partial charge in [-0.2, -0.15) is 0 Å². The minimum absolute atomic E-state index is 0. The molecule has 2 N–H and O–H groups in total. The highest BCUT2D eigenvalue weighted by Crippen LogP contribution is 2.22. The molecule has 1 rings (SSSR count). The van der Waals surface area contributed by atoms with Crippen LogP contribution in [0.2, 0.25) is 0 Å². The highest BCUT2D eigenvalue weighted by Gasteiger charge is 2.16. The second-order valence-corrected chi connectivity index (χ2v) is 4.40. The van der Waals surface area contributed by atoms with Gasteiger partial charge in [0.25, 0.3) is 0 Å². The summed E-state index contributed by atoms with van der Waals surface area (Å²) >= 11 is 0. The first-order chi connectivity index (χ1) is 6.57. The van der Waals surface area contributed by atoms with Crippen LogP contribution in [-0.4, -0.2) is 13.7 Å². The number of ether oxygens (including phenoxy) is 1. The molecule has 86 valence electrons. The van der Waals surface area contributed by atoms with Crippen molar-refractivity contribution in [1.82, 2.24) is 0 Å². The van der Waals surface area contributed by atoms with Crippen LogP contribution in [0.5, 0.6) is 5.75 Å². The van der Waals surface area contributed by atoms with Crippen LogP contribution in [0.3, 0.4) is 0 Å². The van der Waals surface area contributed by atoms with Gasteiger partial charge in [0, 0.05) is 0 Å². The van der Waals surface area contributed by atoms with Gasteiger partial charge in [0.15, 0.2) is 0 Å². The van der Waals surface area contributed by atoms with Gasteiger partial charge in [-0.1, -0.05) is 26.0 Å². The first-order valence-electron chi connectivity index (χ1n) is 4.90. The van der Waals surface area contributed by atoms with E-state index in [-0.39, 0.29) is 17.8 Å². The lowest BCUT2D eigenvalue weighted by Gasteiger charge is -2.22. The van der Waals surface area contributed by atoms with Gasteiger partial charge in [0.2, 0.25) is 0 Å². The third-order valence-electron chi connectivity index (χ3n) is 2.37. The van der Waals surface area contributed by atoms with Crippen LogP contribution < -0.4 is 10.5 Å². The van der Waals surface area contributed by atoms with E-state index in [0.29, 0.717) is 6.54 Å². The van der Waals surface area contributed by atoms with Gasteiger partial charge in [-0.25, -0.2) is 0 Å². The molecule has 0 fully saturated rings. The highest BCUT2D eigenvalue weighted by atomic mass is 35.5. The molecule has 0 saturated heterocycles. The maximum Gasteiger partial charge on any atom is 0.119 e. The predicted molar refractivity (Wildman–Crippen MR) is 66.8 cm³/mol. The molecule has 0 aliphatic rings. The van der Waals surface area contributed by atoms with Crippen LogP contribution >= 0.6 is 12.4 Å². The first-order valence-corrected chi connectivity index (χ1v) is 4.90. The summed E-state index contributed by atoms with van der Waals surface area (Å²) in [5.74, 6) is 0.912. The molecule has 3 heteroatoms. The summed E-state index contributed by atoms with van der Waals surface area (Å²) in [6.07, 6.45) is 0.987. The van der Waals surface area contributed by atoms with E-state index < -0.39 is 0 Å². The highest BCUT2D eigenvalue weighted by molar-refractivity contribution is 5.85. The van der Waals surface area contributed by atoms with E-state index in [1.165, 1.54) is 5.56 Å². The Morgan fingerprint density at radius 1 is 1.33 bits per heavy atom. The van der Waals surface area contributed by atoms with Crippen LogP contribution in [0, 0.1) is 5.41 Å². The quantitative estimate of drug-likeness (QED) is 0.862. The average Bonchev–Trinajstić information content (AvgIpc) is 2.17. The molecule has 0 aliphatic heterocycles. The fraction of sp³-hybridized carbons (Fsp3) is 0.500. The van der Waals surface area contributed by atoms with Crippen molar-refractivity contribution in [2.24, 2.45) is 11.1 Å². The molecular formula is C12H20ClNO. The Labute approximate surface area is 98.2 Å². The second-order valence-electron chi connectivity index (χ2n) is 4.40. The summed E-state index contributed by atoms with van der Waals surface area (Å²) in [4.78, 5) is 0. The van der Waals surface area contributed by atoms with Gasteiger partial charge in [-0.15, -0.1) is 12.4 Å². The van der Waals surface area contributed by atoms with E-state index in [0.717, 1.165) is 12.2 Å². The molecule has 15 heavy (non-hydrogen) atoms. The van der Waals surface area contributed by atoms with E-state index >= 15 is 0 Å². The molecule has 2 nitrogen and oxygen atoms in total. The fourth-order valence-corrected chi connectivity index (χ4v) is 1.41. The summed E-state index contributed by atoms with van der Waals surface area (Å²) in [5, 5.41) is 0. The smallest absolute Gasteiger partial charge is 0.119 e. The van der Waals surface area contributed by atoms with Crippen molar-refractivity contribution in [3.8, 4) is 5.75 Å². The maximum absolute atomic E-state index is 5.69. The lowest BCUT2D eigenvalue weighted by atomic mass is 9.86. The monoisotopic (exact) mass is 229 g/mol. The molecule has 0 bridgehead atoms. The summed E-state index contributed by atoms with van der Waals surface area (Å²) in [6, 6.07) is 8.15. The molecular weight excluding hydrogens is 210 g/mol. The van der Waals surface area contributed by atoms with Gasteiger partial charge in [-0.05, 0) is 36.1 Å². The van der Waals surface area contributed by atoms with Crippen LogP contribution in [0.4, 0.5) is 0 Å². The van der Waals surface area contributed by atoms with Gasteiger partial charge < -0.3 is 10.5 Å². The van der Waals surface area contributed by atoms with Crippen molar-refractivity contribution in [2.75, 3.05) is 13.7 Å². The fourth-order valence-electron chi connectivity index (χ4n) is 1.41. The van der Waals surface area contributed by atoms with Gasteiger partial charge in [0.1, 0.15) is 5.75 Å². The molecule has 0 aliphatic carbocycles. The number of methoxy groups -OCH3 is 1. The first kappa shape index (κ1) is 14.3. The zero-order valence-corrected chi connectivity index (χ0v) is 10.4. The summed E-state index contributed by atoms with van der Waals surface area (Å²) < 4.78 is 5.17. The largest absolute Gasteiger partial charge is 0.497 e. The Kier molecular flexibility index (Phi) is 5.69. The molecule has 0 saturated carbocycles. The number of rotatable bonds is 4. The van der Waals surface area contributed by atoms with Crippen LogP contribution in [0.15, 0.2) is 24.3 Å². The summed E-state index contributed by atoms with van der Waals surface area (Å²) in [6.45, 7) is 5.04. The van der Waals surface area contributed by atoms with E-state index in [4.69, 9.17) is 10.5 Å². The SMILES string of the molecule is COc1cccc(CC(C)(C)CN)c1.Cl. The van der Waals surface area contributed by atoms with Crippen molar-refractivity contribution >= 4 is 12.4 Å². The minimum atomic E-state index is 0. The lowest BCUT2D eigenvalue weighted by Crippen LogP contribution is -2.25. The Morgan fingerprint density at radius 3 is 2.53 bits per heavy atom. The van der Waals surface area contributed by atoms with Crippen molar-refractivity contribution in [1.29, 1.82) is 0 Å². The normalized spacial score (nSPS) is 10.7. The lowest BCUT2D eigenvalue weighted by molar-refractivity contribution is 0.374. The topological polar surface area (TPSA) is 35.2 Å². The van der Waals surface area contributed by atoms with Gasteiger partial charge >= 0.3 is 0 Å². The number of halogens is 1. The number of hydrogen-bond donors (Lipinski definition) is 1. The molecule has 0 atom stereocenters. The Balaban J connectivity index is 0.00000196. The molecule has 0 amide bonds. The van der Waals surface area contributed by atoms with Crippen molar-refractivity contribution < 1.29 is 4.74 Å². The molecule has 0 heterocycles. The van der Waals surface area contributed by atoms with Gasteiger partial charge in [-0.3, -0.25) is 0 Å². The molecule has 0 radical (unpaired) electrons. The van der Waals surface area contributed by atoms with E-state index in [1.807, 2.05) is 12.1 Å². The third-order valence-corrected chi connectivity index (χ3v) is 2.37. The molecule has 1 aromatic rings. The third kappa shape index (κ3) is 4.54. The van der Waals surface area contributed by atoms with Crippen molar-refractivity contribution in [2.45, 2.75) is 20.3 Å². The molecule has 1 aromatic carbocycles. The zero-order valence-electron chi connectivity index (χ0n) is 9.62. The summed E-state index contributed by atoms with van der Waals surface area (Å²) in [7, 11) is 1.69. The molecule has 0 unspecified atom stereocenters. The van der Waals surface area contributed by atoms with Crippen molar-refractivity contribution in [3.63, 3.8) is 0 Å². The van der Waals surface area contributed by atoms with E-state index in [2.05, 4.69) is 26.0 Å². The van der Waals surface area contributed by atoms with E-state index in [9.17, 15) is 0 Å². The zero-order chi connectivity index (χ0) is 10.6. The van der Waals surface area contributed by atoms with Crippen LogP contribution in [0.25, 0.3) is 0 Å². The average molecular weight is 230 g/mol. The van der Waals surface area contributed by atoms with E-state index in [1.54, 1.807) is 7.11 Å². The van der Waals surface area contributed by atoms with Crippen LogP contribution in [0.1, 0.15) is 19.4 Å². The summed E-state index contributed by atoms with van der Waals surface area (Å²) in [5.41, 5.74) is 7.13. The Morgan fingerprint density at radius 2 is 2.00 bits per heavy atom. The van der Waals surface area contributed by atoms with Crippen molar-refractivity contribution in [3.05, 3.63) is 29.8 Å². The molecule has 0 spiro atoms. The maximum atomic E-state index is 5.69. The number of benzene rings is 1. The number of nitrogens with two attached hydrogens (primary N) is 1. The molecule has 0 aromatic heterocycles. The van der Waals surface area contributed by atoms with Crippen LogP contribution in [-0.2, 0) is 6.42 Å². The van der Waals surface area contributed by atoms with Gasteiger partial charge in [0.05, 0.1) is 7.11 Å². The Hall–Kier alpha value is -0.730. The Bertz CT molecular complexity index is 299. The predicted octanol–water partition coefficient (Wildman–Crippen LogP) is 2.64. The number of hydrogen-bond acceptors (Lipinski definition) is 2. The minimum Gasteiger partial charge on any atom is -0.497 e. The standard InChI is InChI=1S/C12H19NO.ClH/c1-12(2,9-13)8-10-5-4-6-11(7-10)14-3;/h4-7H,8-9,13H2,1-3H3;1H.